The summed E-state index contributed by atoms with van der Waals surface area (Å²) in [4.78, 5) is 16.5. The van der Waals surface area contributed by atoms with Gasteiger partial charge in [0.05, 0.1) is 52.5 Å². The van der Waals surface area contributed by atoms with Gasteiger partial charge < -0.3 is 14.2 Å². The number of fused-ring (bicyclic) bond motifs is 2. The van der Waals surface area contributed by atoms with Gasteiger partial charge in [0, 0.05) is 49.2 Å². The Balaban J connectivity index is 1.66. The Kier molecular flexibility index (Phi) is 4.81. The van der Waals surface area contributed by atoms with E-state index in [0.29, 0.717) is 5.02 Å². The molecule has 3 aromatic heterocycles. The first kappa shape index (κ1) is 20.2. The molecule has 1 aliphatic heterocycles. The Morgan fingerprint density at radius 3 is 2.67 bits per heavy atom. The average molecular weight is 459 g/mol. The van der Waals surface area contributed by atoms with Crippen LogP contribution >= 0.6 is 11.6 Å². The van der Waals surface area contributed by atoms with Crippen LogP contribution in [0, 0.1) is 6.92 Å². The van der Waals surface area contributed by atoms with Gasteiger partial charge in [-0.3, -0.25) is 9.55 Å². The summed E-state index contributed by atoms with van der Waals surface area (Å²) in [5, 5.41) is 1.63. The summed E-state index contributed by atoms with van der Waals surface area (Å²) in [6.45, 7) is 5.20. The van der Waals surface area contributed by atoms with Gasteiger partial charge >= 0.3 is 0 Å². The first-order valence-corrected chi connectivity index (χ1v) is 11.4. The zero-order chi connectivity index (χ0) is 22.5. The number of hydrogen-bond donors (Lipinski definition) is 0. The summed E-state index contributed by atoms with van der Waals surface area (Å²) in [6.07, 6.45) is 5.67. The largest absolute Gasteiger partial charge is 0.378 e. The number of nitrogens with zero attached hydrogens (tertiary/aromatic N) is 6. The minimum absolute atomic E-state index is 0.639. The monoisotopic (exact) mass is 458 g/mol. The molecule has 0 amide bonds. The molecule has 7 nitrogen and oxygen atoms in total. The first-order valence-electron chi connectivity index (χ1n) is 11.0. The second-order valence-electron chi connectivity index (χ2n) is 8.35. The minimum atomic E-state index is 0.639. The van der Waals surface area contributed by atoms with E-state index in [1.807, 2.05) is 49.3 Å². The van der Waals surface area contributed by atoms with E-state index in [2.05, 4.69) is 37.6 Å². The molecule has 0 N–H and O–H groups in total. The molecule has 8 heteroatoms. The molecular weight excluding hydrogens is 436 g/mol. The van der Waals surface area contributed by atoms with Gasteiger partial charge in [-0.1, -0.05) is 23.7 Å². The number of halogens is 1. The predicted octanol–water partition coefficient (Wildman–Crippen LogP) is 4.77. The molecule has 0 aliphatic carbocycles. The number of aromatic nitrogens is 5. The lowest BCUT2D eigenvalue weighted by Crippen LogP contribution is -2.36. The number of rotatable bonds is 3. The third-order valence-corrected chi connectivity index (χ3v) is 6.51. The maximum Gasteiger partial charge on any atom is 0.111 e. The lowest BCUT2D eigenvalue weighted by molar-refractivity contribution is 0.122. The average Bonchev–Trinajstić information content (AvgIpc) is 3.41. The highest BCUT2D eigenvalue weighted by atomic mass is 35.5. The molecule has 0 spiro atoms. The van der Waals surface area contributed by atoms with Crippen molar-refractivity contribution in [3.05, 3.63) is 66.0 Å². The molecule has 166 valence electrons. The minimum Gasteiger partial charge on any atom is -0.378 e. The van der Waals surface area contributed by atoms with E-state index in [4.69, 9.17) is 21.3 Å². The third kappa shape index (κ3) is 3.35. The smallest absolute Gasteiger partial charge is 0.111 e. The summed E-state index contributed by atoms with van der Waals surface area (Å²) in [5.41, 5.74) is 6.82. The van der Waals surface area contributed by atoms with E-state index in [1.165, 1.54) is 0 Å². The van der Waals surface area contributed by atoms with Crippen molar-refractivity contribution >= 4 is 39.2 Å². The van der Waals surface area contributed by atoms with E-state index in [0.717, 1.165) is 76.7 Å². The molecule has 0 atom stereocenters. The Labute approximate surface area is 196 Å². The number of ether oxygens (including phenoxy) is 1. The lowest BCUT2D eigenvalue weighted by atomic mass is 10.1. The highest BCUT2D eigenvalue weighted by Gasteiger charge is 2.21. The number of aryl methyl sites for hydroxylation is 2. The van der Waals surface area contributed by atoms with Crippen molar-refractivity contribution in [2.24, 2.45) is 7.05 Å². The van der Waals surface area contributed by atoms with Crippen LogP contribution in [0.1, 0.15) is 5.82 Å². The first-order chi connectivity index (χ1) is 16.1. The number of anilines is 1. The van der Waals surface area contributed by atoms with Crippen LogP contribution in [0.25, 0.3) is 38.9 Å². The van der Waals surface area contributed by atoms with Crippen molar-refractivity contribution in [2.75, 3.05) is 31.2 Å². The van der Waals surface area contributed by atoms with Gasteiger partial charge in [0.1, 0.15) is 5.82 Å². The number of imidazole rings is 2. The summed E-state index contributed by atoms with van der Waals surface area (Å²) < 4.78 is 9.75. The molecule has 5 aromatic rings. The second-order valence-corrected chi connectivity index (χ2v) is 8.75. The molecule has 0 saturated carbocycles. The SMILES string of the molecule is Cc1nc2c(-c3cn(C)cn3)cc(N3CCOCC3)cc2n1-c1ccnc2c(Cl)cccc12. The number of morpholine rings is 1. The summed E-state index contributed by atoms with van der Waals surface area (Å²) in [6, 6.07) is 12.3. The Morgan fingerprint density at radius 2 is 1.88 bits per heavy atom. The predicted molar refractivity (Wildman–Crippen MR) is 131 cm³/mol. The fraction of sp³-hybridized carbons (Fsp3) is 0.240. The van der Waals surface area contributed by atoms with Crippen LogP contribution in [0.2, 0.25) is 5.02 Å². The molecular formula is C25H23ClN6O. The van der Waals surface area contributed by atoms with Crippen molar-refractivity contribution in [1.82, 2.24) is 24.1 Å². The van der Waals surface area contributed by atoms with Gasteiger partial charge in [0.25, 0.3) is 0 Å². The third-order valence-electron chi connectivity index (χ3n) is 6.21. The Bertz CT molecular complexity index is 1500. The zero-order valence-electron chi connectivity index (χ0n) is 18.5. The summed E-state index contributed by atoms with van der Waals surface area (Å²) in [7, 11) is 1.98. The fourth-order valence-corrected chi connectivity index (χ4v) is 4.88. The van der Waals surface area contributed by atoms with Gasteiger partial charge in [-0.05, 0) is 31.2 Å². The Morgan fingerprint density at radius 1 is 1.03 bits per heavy atom. The highest BCUT2D eigenvalue weighted by Crippen LogP contribution is 2.36. The Hall–Kier alpha value is -3.42. The lowest BCUT2D eigenvalue weighted by Gasteiger charge is -2.29. The number of para-hydroxylation sites is 1. The van der Waals surface area contributed by atoms with Gasteiger partial charge in [-0.2, -0.15) is 0 Å². The van der Waals surface area contributed by atoms with Crippen molar-refractivity contribution < 1.29 is 4.74 Å². The second kappa shape index (κ2) is 7.86. The van der Waals surface area contributed by atoms with Gasteiger partial charge in [-0.25, -0.2) is 9.97 Å². The number of hydrogen-bond acceptors (Lipinski definition) is 5. The van der Waals surface area contributed by atoms with Crippen LogP contribution in [-0.4, -0.2) is 50.4 Å². The fourth-order valence-electron chi connectivity index (χ4n) is 4.65. The standard InChI is InChI=1S/C25H23ClN6O/c1-16-29-25-19(21-14-30(2)15-28-21)12-17(31-8-10-33-11-9-31)13-23(25)32(16)22-6-7-27-24-18(22)4-3-5-20(24)26/h3-7,12-15H,8-11H2,1-2H3. The van der Waals surface area contributed by atoms with Gasteiger partial charge in [0.15, 0.2) is 0 Å². The molecule has 0 radical (unpaired) electrons. The van der Waals surface area contributed by atoms with Crippen molar-refractivity contribution in [2.45, 2.75) is 6.92 Å². The van der Waals surface area contributed by atoms with E-state index in [-0.39, 0.29) is 0 Å². The van der Waals surface area contributed by atoms with Crippen molar-refractivity contribution in [3.63, 3.8) is 0 Å². The quantitative estimate of drug-likeness (QED) is 0.389. The van der Waals surface area contributed by atoms with E-state index < -0.39 is 0 Å². The topological polar surface area (TPSA) is 61.0 Å². The van der Waals surface area contributed by atoms with Gasteiger partial charge in [-0.15, -0.1) is 0 Å². The molecule has 2 aromatic carbocycles. The molecule has 4 heterocycles. The van der Waals surface area contributed by atoms with Crippen LogP contribution in [0.3, 0.4) is 0 Å². The van der Waals surface area contributed by atoms with Crippen LogP contribution in [0.5, 0.6) is 0 Å². The molecule has 0 bridgehead atoms. The molecule has 1 aliphatic rings. The van der Waals surface area contributed by atoms with Crippen molar-refractivity contribution in [1.29, 1.82) is 0 Å². The molecule has 1 fully saturated rings. The molecule has 1 saturated heterocycles. The van der Waals surface area contributed by atoms with Crippen LogP contribution in [0.4, 0.5) is 5.69 Å². The molecule has 0 unspecified atom stereocenters. The zero-order valence-corrected chi connectivity index (χ0v) is 19.3. The maximum absolute atomic E-state index is 6.47. The van der Waals surface area contributed by atoms with Crippen LogP contribution in [0.15, 0.2) is 55.1 Å². The normalized spacial score (nSPS) is 14.5. The van der Waals surface area contributed by atoms with Gasteiger partial charge in [0.2, 0.25) is 0 Å². The summed E-state index contributed by atoms with van der Waals surface area (Å²) in [5.74, 6) is 0.897. The summed E-state index contributed by atoms with van der Waals surface area (Å²) >= 11 is 6.47. The number of benzene rings is 2. The van der Waals surface area contributed by atoms with E-state index in [1.54, 1.807) is 6.20 Å². The van der Waals surface area contributed by atoms with E-state index >= 15 is 0 Å². The van der Waals surface area contributed by atoms with E-state index in [9.17, 15) is 0 Å². The molecule has 6 rings (SSSR count). The maximum atomic E-state index is 6.47. The number of pyridine rings is 1. The van der Waals surface area contributed by atoms with Crippen LogP contribution in [-0.2, 0) is 11.8 Å². The molecule has 33 heavy (non-hydrogen) atoms. The highest BCUT2D eigenvalue weighted by molar-refractivity contribution is 6.35. The van der Waals surface area contributed by atoms with Crippen LogP contribution < -0.4 is 4.90 Å². The van der Waals surface area contributed by atoms with Crippen molar-refractivity contribution in [3.8, 4) is 16.9 Å².